The Kier molecular flexibility index (Phi) is 3.92. The first kappa shape index (κ1) is 14.0. The van der Waals surface area contributed by atoms with Crippen LogP contribution in [0.2, 0.25) is 0 Å². The van der Waals surface area contributed by atoms with E-state index in [2.05, 4.69) is 24.1 Å². The molecule has 1 aliphatic rings. The standard InChI is InChI=1S/C15H22N2O2/c1-11(19)12-5-4-6-13(7-12)17-10-15(2,3)16-8-14(17)9-18/h4-7,14,16,18H,8-10H2,1-3H3. The van der Waals surface area contributed by atoms with E-state index in [1.165, 1.54) is 0 Å². The third-order valence-electron chi connectivity index (χ3n) is 3.62. The first-order chi connectivity index (χ1) is 8.93. The molecule has 1 heterocycles. The van der Waals surface area contributed by atoms with Gasteiger partial charge >= 0.3 is 0 Å². The number of anilines is 1. The van der Waals surface area contributed by atoms with Crippen molar-refractivity contribution in [1.29, 1.82) is 0 Å². The molecule has 0 spiro atoms. The molecule has 0 radical (unpaired) electrons. The molecule has 2 rings (SSSR count). The molecule has 1 fully saturated rings. The first-order valence-corrected chi connectivity index (χ1v) is 6.66. The van der Waals surface area contributed by atoms with Gasteiger partial charge in [-0.1, -0.05) is 12.1 Å². The lowest BCUT2D eigenvalue weighted by molar-refractivity contribution is 0.101. The third-order valence-corrected chi connectivity index (χ3v) is 3.62. The molecule has 0 saturated carbocycles. The van der Waals surface area contributed by atoms with Crippen LogP contribution < -0.4 is 10.2 Å². The Hall–Kier alpha value is -1.39. The van der Waals surface area contributed by atoms with Crippen LogP contribution in [0.1, 0.15) is 31.1 Å². The van der Waals surface area contributed by atoms with E-state index >= 15 is 0 Å². The van der Waals surface area contributed by atoms with E-state index in [9.17, 15) is 9.90 Å². The van der Waals surface area contributed by atoms with E-state index in [0.29, 0.717) is 5.56 Å². The summed E-state index contributed by atoms with van der Waals surface area (Å²) in [6.07, 6.45) is 0. The van der Waals surface area contributed by atoms with Crippen molar-refractivity contribution in [2.24, 2.45) is 0 Å². The first-order valence-electron chi connectivity index (χ1n) is 6.66. The Morgan fingerprint density at radius 3 is 2.89 bits per heavy atom. The van der Waals surface area contributed by atoms with Gasteiger partial charge in [0.15, 0.2) is 5.78 Å². The summed E-state index contributed by atoms with van der Waals surface area (Å²) in [5.74, 6) is 0.0665. The van der Waals surface area contributed by atoms with Gasteiger partial charge in [0.25, 0.3) is 0 Å². The fraction of sp³-hybridized carbons (Fsp3) is 0.533. The molecule has 2 N–H and O–H groups in total. The van der Waals surface area contributed by atoms with E-state index in [-0.39, 0.29) is 24.0 Å². The van der Waals surface area contributed by atoms with Crippen LogP contribution in [0.3, 0.4) is 0 Å². The maximum absolute atomic E-state index is 11.5. The summed E-state index contributed by atoms with van der Waals surface area (Å²) in [5, 5.41) is 13.0. The van der Waals surface area contributed by atoms with Crippen LogP contribution in [0.15, 0.2) is 24.3 Å². The van der Waals surface area contributed by atoms with Gasteiger partial charge in [-0.15, -0.1) is 0 Å². The largest absolute Gasteiger partial charge is 0.394 e. The molecule has 1 atom stereocenters. The molecule has 19 heavy (non-hydrogen) atoms. The summed E-state index contributed by atoms with van der Waals surface area (Å²) in [6, 6.07) is 7.68. The van der Waals surface area contributed by atoms with Gasteiger partial charge in [0.05, 0.1) is 12.6 Å². The van der Waals surface area contributed by atoms with E-state index in [4.69, 9.17) is 0 Å². The van der Waals surface area contributed by atoms with E-state index in [1.807, 2.05) is 24.3 Å². The summed E-state index contributed by atoms with van der Waals surface area (Å²) in [6.45, 7) is 7.51. The number of nitrogens with zero attached hydrogens (tertiary/aromatic N) is 1. The van der Waals surface area contributed by atoms with E-state index in [1.54, 1.807) is 6.92 Å². The molecular weight excluding hydrogens is 240 g/mol. The van der Waals surface area contributed by atoms with Crippen LogP contribution in [0.4, 0.5) is 5.69 Å². The van der Waals surface area contributed by atoms with Crippen molar-refractivity contribution in [2.75, 3.05) is 24.6 Å². The highest BCUT2D eigenvalue weighted by molar-refractivity contribution is 5.95. The Balaban J connectivity index is 2.31. The number of nitrogens with one attached hydrogen (secondary N) is 1. The summed E-state index contributed by atoms with van der Waals surface area (Å²) in [4.78, 5) is 13.7. The number of ketones is 1. The zero-order valence-corrected chi connectivity index (χ0v) is 11.8. The predicted octanol–water partition coefficient (Wildman–Crippen LogP) is 1.44. The Morgan fingerprint density at radius 1 is 1.53 bits per heavy atom. The van der Waals surface area contributed by atoms with Crippen molar-refractivity contribution in [3.05, 3.63) is 29.8 Å². The van der Waals surface area contributed by atoms with Crippen LogP contribution >= 0.6 is 0 Å². The van der Waals surface area contributed by atoms with Crippen molar-refractivity contribution in [1.82, 2.24) is 5.32 Å². The summed E-state index contributed by atoms with van der Waals surface area (Å²) >= 11 is 0. The van der Waals surface area contributed by atoms with Crippen molar-refractivity contribution < 1.29 is 9.90 Å². The highest BCUT2D eigenvalue weighted by atomic mass is 16.3. The number of Topliss-reactive ketones (excluding diaryl/α,β-unsaturated/α-hetero) is 1. The minimum Gasteiger partial charge on any atom is -0.394 e. The highest BCUT2D eigenvalue weighted by Gasteiger charge is 2.32. The van der Waals surface area contributed by atoms with Gasteiger partial charge in [0.1, 0.15) is 0 Å². The number of rotatable bonds is 3. The Labute approximate surface area is 114 Å². The van der Waals surface area contributed by atoms with Crippen LogP contribution in [0, 0.1) is 0 Å². The monoisotopic (exact) mass is 262 g/mol. The number of carbonyl (C=O) groups excluding carboxylic acids is 1. The molecule has 104 valence electrons. The van der Waals surface area contributed by atoms with Gasteiger partial charge < -0.3 is 15.3 Å². The highest BCUT2D eigenvalue weighted by Crippen LogP contribution is 2.24. The molecule has 1 aromatic carbocycles. The molecule has 4 heteroatoms. The fourth-order valence-electron chi connectivity index (χ4n) is 2.48. The smallest absolute Gasteiger partial charge is 0.159 e. The number of piperazine rings is 1. The molecule has 0 aliphatic carbocycles. The van der Waals surface area contributed by atoms with Crippen LogP contribution in [-0.4, -0.2) is 42.2 Å². The second-order valence-electron chi connectivity index (χ2n) is 5.84. The topological polar surface area (TPSA) is 52.6 Å². The van der Waals surface area contributed by atoms with E-state index in [0.717, 1.165) is 18.8 Å². The number of carbonyl (C=O) groups is 1. The number of hydrogen-bond donors (Lipinski definition) is 2. The average molecular weight is 262 g/mol. The maximum Gasteiger partial charge on any atom is 0.159 e. The zero-order chi connectivity index (χ0) is 14.0. The molecule has 1 unspecified atom stereocenters. The predicted molar refractivity (Wildman–Crippen MR) is 76.7 cm³/mol. The lowest BCUT2D eigenvalue weighted by Gasteiger charge is -2.45. The van der Waals surface area contributed by atoms with Crippen molar-refractivity contribution in [3.8, 4) is 0 Å². The van der Waals surface area contributed by atoms with Gasteiger partial charge in [0.2, 0.25) is 0 Å². The zero-order valence-electron chi connectivity index (χ0n) is 11.8. The van der Waals surface area contributed by atoms with Gasteiger partial charge in [-0.3, -0.25) is 4.79 Å². The molecule has 1 aliphatic heterocycles. The molecule has 0 bridgehead atoms. The number of aliphatic hydroxyl groups is 1. The molecule has 4 nitrogen and oxygen atoms in total. The number of aliphatic hydroxyl groups excluding tert-OH is 1. The minimum atomic E-state index is -0.00208. The Bertz CT molecular complexity index is 471. The van der Waals surface area contributed by atoms with Gasteiger partial charge in [-0.2, -0.15) is 0 Å². The molecule has 1 saturated heterocycles. The third kappa shape index (κ3) is 3.14. The minimum absolute atomic E-state index is 0.00208. The lowest BCUT2D eigenvalue weighted by Crippen LogP contribution is -2.62. The molecule has 0 aromatic heterocycles. The van der Waals surface area contributed by atoms with Crippen LogP contribution in [0.25, 0.3) is 0 Å². The second-order valence-corrected chi connectivity index (χ2v) is 5.84. The molecular formula is C15H22N2O2. The van der Waals surface area contributed by atoms with Crippen LogP contribution in [0.5, 0.6) is 0 Å². The quantitative estimate of drug-likeness (QED) is 0.809. The maximum atomic E-state index is 11.5. The second kappa shape index (κ2) is 5.31. The summed E-state index contributed by atoms with van der Waals surface area (Å²) in [5.41, 5.74) is 1.71. The molecule has 1 aromatic rings. The number of benzene rings is 1. The van der Waals surface area contributed by atoms with Gasteiger partial charge in [-0.05, 0) is 32.9 Å². The summed E-state index contributed by atoms with van der Waals surface area (Å²) in [7, 11) is 0. The van der Waals surface area contributed by atoms with Crippen LogP contribution in [-0.2, 0) is 0 Å². The van der Waals surface area contributed by atoms with Gasteiger partial charge in [0, 0.05) is 29.9 Å². The summed E-state index contributed by atoms with van der Waals surface area (Å²) < 4.78 is 0. The lowest BCUT2D eigenvalue weighted by atomic mass is 9.97. The normalized spacial score (nSPS) is 22.3. The van der Waals surface area contributed by atoms with E-state index < -0.39 is 0 Å². The molecule has 0 amide bonds. The van der Waals surface area contributed by atoms with Crippen molar-refractivity contribution in [3.63, 3.8) is 0 Å². The fourth-order valence-corrected chi connectivity index (χ4v) is 2.48. The van der Waals surface area contributed by atoms with Crippen molar-refractivity contribution in [2.45, 2.75) is 32.4 Å². The van der Waals surface area contributed by atoms with Gasteiger partial charge in [-0.25, -0.2) is 0 Å². The van der Waals surface area contributed by atoms with Crippen molar-refractivity contribution >= 4 is 11.5 Å². The Morgan fingerprint density at radius 2 is 2.26 bits per heavy atom. The SMILES string of the molecule is CC(=O)c1cccc(N2CC(C)(C)NCC2CO)c1. The number of hydrogen-bond acceptors (Lipinski definition) is 4. The average Bonchev–Trinajstić information content (AvgIpc) is 2.38.